The fourth-order valence-corrected chi connectivity index (χ4v) is 3.91. The molecule has 0 bridgehead atoms. The minimum Gasteiger partial charge on any atom is -0.490 e. The molecule has 0 saturated carbocycles. The Morgan fingerprint density at radius 3 is 2.43 bits per heavy atom. The third-order valence-electron chi connectivity index (χ3n) is 5.17. The molecule has 1 N–H and O–H groups in total. The topological polar surface area (TPSA) is 71.3 Å². The third kappa shape index (κ3) is 7.02. The highest BCUT2D eigenvalue weighted by atomic mass is 79.9. The monoisotopic (exact) mass is 572 g/mol. The molecule has 3 rings (SSSR count). The summed E-state index contributed by atoms with van der Waals surface area (Å²) in [4.78, 5) is 12.8. The van der Waals surface area contributed by atoms with Gasteiger partial charge in [-0.3, -0.25) is 4.79 Å². The molecular weight excluding hydrogens is 551 g/mol. The smallest absolute Gasteiger partial charge is 0.266 e. The molecule has 1 amide bonds. The van der Waals surface area contributed by atoms with Crippen LogP contribution in [0.2, 0.25) is 10.0 Å². The number of nitrogens with zero attached hydrogens (tertiary/aromatic N) is 1. The summed E-state index contributed by atoms with van der Waals surface area (Å²) < 4.78 is 12.4. The number of nitrogens with one attached hydrogen (secondary N) is 1. The summed E-state index contributed by atoms with van der Waals surface area (Å²) in [5.74, 6) is 0.481. The number of ether oxygens (including phenoxy) is 2. The molecule has 0 unspecified atom stereocenters. The molecule has 0 fully saturated rings. The van der Waals surface area contributed by atoms with Crippen molar-refractivity contribution in [2.24, 2.45) is 0 Å². The molecule has 0 aliphatic carbocycles. The van der Waals surface area contributed by atoms with E-state index in [9.17, 15) is 10.1 Å². The summed E-state index contributed by atoms with van der Waals surface area (Å²) in [7, 11) is 0. The first kappa shape index (κ1) is 26.6. The van der Waals surface area contributed by atoms with Crippen molar-refractivity contribution in [1.29, 1.82) is 5.26 Å². The molecule has 3 aromatic carbocycles. The van der Waals surface area contributed by atoms with E-state index in [4.69, 9.17) is 32.7 Å². The van der Waals surface area contributed by atoms with Gasteiger partial charge in [0.1, 0.15) is 18.2 Å². The second-order valence-electron chi connectivity index (χ2n) is 7.71. The minimum absolute atomic E-state index is 0.0455. The van der Waals surface area contributed by atoms with Crippen molar-refractivity contribution in [1.82, 2.24) is 0 Å². The molecule has 180 valence electrons. The Morgan fingerprint density at radius 2 is 1.77 bits per heavy atom. The SMILES string of the molecule is CCOc1cc(/C=C(\C#N)C(=O)Nc2ccc(C)c(C)c2)c(Br)cc1OCc1ccc(Cl)c(Cl)c1. The number of hydrogen-bond donors (Lipinski definition) is 1. The second kappa shape index (κ2) is 12.1. The van der Waals surface area contributed by atoms with Crippen LogP contribution in [0.5, 0.6) is 11.5 Å². The van der Waals surface area contributed by atoms with Gasteiger partial charge < -0.3 is 14.8 Å². The summed E-state index contributed by atoms with van der Waals surface area (Å²) in [5, 5.41) is 13.3. The van der Waals surface area contributed by atoms with E-state index in [0.717, 1.165) is 16.7 Å². The number of nitriles is 1. The van der Waals surface area contributed by atoms with E-state index in [-0.39, 0.29) is 12.2 Å². The zero-order valence-electron chi connectivity index (χ0n) is 19.4. The predicted molar refractivity (Wildman–Crippen MR) is 144 cm³/mol. The minimum atomic E-state index is -0.499. The average Bonchev–Trinajstić information content (AvgIpc) is 2.82. The number of aryl methyl sites for hydroxylation is 2. The second-order valence-corrected chi connectivity index (χ2v) is 9.38. The maximum absolute atomic E-state index is 12.8. The molecule has 0 heterocycles. The van der Waals surface area contributed by atoms with Crippen LogP contribution in [0.25, 0.3) is 6.08 Å². The first-order chi connectivity index (χ1) is 16.7. The van der Waals surface area contributed by atoms with E-state index in [0.29, 0.717) is 43.9 Å². The van der Waals surface area contributed by atoms with Crippen LogP contribution in [-0.4, -0.2) is 12.5 Å². The highest BCUT2D eigenvalue weighted by Gasteiger charge is 2.15. The standard InChI is InChI=1S/C27H23BrCl2N2O3/c1-4-34-25-12-19(11-20(14-31)27(33)32-21-7-5-16(2)17(3)9-21)22(28)13-26(25)35-15-18-6-8-23(29)24(30)10-18/h5-13H,4,15H2,1-3H3,(H,32,33)/b20-11+. The molecule has 0 aromatic heterocycles. The summed E-state index contributed by atoms with van der Waals surface area (Å²) >= 11 is 15.6. The molecule has 0 saturated heterocycles. The Bertz CT molecular complexity index is 1330. The Hall–Kier alpha value is -2.98. The number of rotatable bonds is 8. The van der Waals surface area contributed by atoms with Gasteiger partial charge in [0.25, 0.3) is 5.91 Å². The van der Waals surface area contributed by atoms with E-state index < -0.39 is 5.91 Å². The number of carbonyl (C=O) groups is 1. The Labute approximate surface area is 223 Å². The molecule has 3 aromatic rings. The lowest BCUT2D eigenvalue weighted by atomic mass is 10.1. The Morgan fingerprint density at radius 1 is 1.03 bits per heavy atom. The van der Waals surface area contributed by atoms with Gasteiger partial charge in [0.05, 0.1) is 16.7 Å². The van der Waals surface area contributed by atoms with Gasteiger partial charge in [-0.25, -0.2) is 0 Å². The number of hydrogen-bond acceptors (Lipinski definition) is 4. The quantitative estimate of drug-likeness (QED) is 0.219. The van der Waals surface area contributed by atoms with Crippen molar-refractivity contribution in [2.45, 2.75) is 27.4 Å². The van der Waals surface area contributed by atoms with E-state index in [1.165, 1.54) is 6.08 Å². The number of benzene rings is 3. The number of carbonyl (C=O) groups excluding carboxylic acids is 1. The van der Waals surface area contributed by atoms with Gasteiger partial charge in [-0.1, -0.05) is 51.3 Å². The molecule has 0 atom stereocenters. The lowest BCUT2D eigenvalue weighted by Gasteiger charge is -2.14. The van der Waals surface area contributed by atoms with Crippen molar-refractivity contribution < 1.29 is 14.3 Å². The van der Waals surface area contributed by atoms with Gasteiger partial charge in [0, 0.05) is 10.2 Å². The summed E-state index contributed by atoms with van der Waals surface area (Å²) in [5.41, 5.74) is 4.19. The number of halogens is 3. The van der Waals surface area contributed by atoms with Crippen LogP contribution >= 0.6 is 39.1 Å². The molecule has 8 heteroatoms. The summed E-state index contributed by atoms with van der Waals surface area (Å²) in [6.45, 7) is 6.47. The largest absolute Gasteiger partial charge is 0.490 e. The Kier molecular flexibility index (Phi) is 9.22. The lowest BCUT2D eigenvalue weighted by Crippen LogP contribution is -2.13. The van der Waals surface area contributed by atoms with Crippen LogP contribution in [0.1, 0.15) is 29.2 Å². The zero-order chi connectivity index (χ0) is 25.5. The first-order valence-corrected chi connectivity index (χ1v) is 12.3. The lowest BCUT2D eigenvalue weighted by molar-refractivity contribution is -0.112. The van der Waals surface area contributed by atoms with Crippen molar-refractivity contribution >= 4 is 56.8 Å². The van der Waals surface area contributed by atoms with Gasteiger partial charge >= 0.3 is 0 Å². The van der Waals surface area contributed by atoms with Gasteiger partial charge in [0.15, 0.2) is 11.5 Å². The van der Waals surface area contributed by atoms with Crippen molar-refractivity contribution in [2.75, 3.05) is 11.9 Å². The molecule has 35 heavy (non-hydrogen) atoms. The van der Waals surface area contributed by atoms with Crippen molar-refractivity contribution in [3.8, 4) is 17.6 Å². The predicted octanol–water partition coefficient (Wildman–Crippen LogP) is 7.90. The van der Waals surface area contributed by atoms with Crippen LogP contribution < -0.4 is 14.8 Å². The van der Waals surface area contributed by atoms with Crippen LogP contribution in [0.3, 0.4) is 0 Å². The summed E-state index contributed by atoms with van der Waals surface area (Å²) in [6, 6.07) is 16.3. The molecule has 0 aliphatic rings. The Balaban J connectivity index is 1.85. The van der Waals surface area contributed by atoms with Crippen LogP contribution in [0.15, 0.2) is 58.6 Å². The normalized spacial score (nSPS) is 11.1. The van der Waals surface area contributed by atoms with E-state index in [1.54, 1.807) is 30.3 Å². The molecule has 0 radical (unpaired) electrons. The van der Waals surface area contributed by atoms with Crippen molar-refractivity contribution in [3.63, 3.8) is 0 Å². The van der Waals surface area contributed by atoms with Crippen LogP contribution in [0, 0.1) is 25.2 Å². The van der Waals surface area contributed by atoms with Gasteiger partial charge in [0.2, 0.25) is 0 Å². The maximum atomic E-state index is 12.8. The number of amides is 1. The highest BCUT2D eigenvalue weighted by Crippen LogP contribution is 2.36. The van der Waals surface area contributed by atoms with E-state index in [1.807, 2.05) is 45.0 Å². The van der Waals surface area contributed by atoms with Crippen molar-refractivity contribution in [3.05, 3.63) is 90.9 Å². The van der Waals surface area contributed by atoms with Crippen LogP contribution in [-0.2, 0) is 11.4 Å². The molecule has 0 spiro atoms. The fourth-order valence-electron chi connectivity index (χ4n) is 3.15. The van der Waals surface area contributed by atoms with Crippen LogP contribution in [0.4, 0.5) is 5.69 Å². The zero-order valence-corrected chi connectivity index (χ0v) is 22.5. The van der Waals surface area contributed by atoms with E-state index in [2.05, 4.69) is 21.2 Å². The first-order valence-electron chi connectivity index (χ1n) is 10.7. The van der Waals surface area contributed by atoms with E-state index >= 15 is 0 Å². The molecule has 5 nitrogen and oxygen atoms in total. The average molecular weight is 574 g/mol. The van der Waals surface area contributed by atoms with Gasteiger partial charge in [-0.05, 0) is 85.5 Å². The van der Waals surface area contributed by atoms with Gasteiger partial charge in [-0.2, -0.15) is 5.26 Å². The summed E-state index contributed by atoms with van der Waals surface area (Å²) in [6.07, 6.45) is 1.51. The number of anilines is 1. The third-order valence-corrected chi connectivity index (χ3v) is 6.60. The highest BCUT2D eigenvalue weighted by molar-refractivity contribution is 9.10. The fraction of sp³-hybridized carbons (Fsp3) is 0.185. The van der Waals surface area contributed by atoms with Gasteiger partial charge in [-0.15, -0.1) is 0 Å². The molecular formula is C27H23BrCl2N2O3. The maximum Gasteiger partial charge on any atom is 0.266 e. The molecule has 0 aliphatic heterocycles.